The van der Waals surface area contributed by atoms with Crippen molar-refractivity contribution in [2.45, 2.75) is 13.0 Å². The summed E-state index contributed by atoms with van der Waals surface area (Å²) in [7, 11) is 0. The predicted molar refractivity (Wildman–Crippen MR) is 111 cm³/mol. The molecule has 1 amide bonds. The average molecular weight is 403 g/mol. The highest BCUT2D eigenvalue weighted by molar-refractivity contribution is 5.94. The van der Waals surface area contributed by atoms with Gasteiger partial charge in [-0.2, -0.15) is 5.10 Å². The van der Waals surface area contributed by atoms with Crippen molar-refractivity contribution in [3.63, 3.8) is 0 Å². The van der Waals surface area contributed by atoms with E-state index in [-0.39, 0.29) is 23.2 Å². The fraction of sp³-hybridized carbons (Fsp3) is 0.0833. The molecule has 0 spiro atoms. The molecule has 0 radical (unpaired) electrons. The first-order valence-electron chi connectivity index (χ1n) is 9.49. The van der Waals surface area contributed by atoms with Gasteiger partial charge in [-0.05, 0) is 55.0 Å². The van der Waals surface area contributed by atoms with Gasteiger partial charge in [0.15, 0.2) is 0 Å². The van der Waals surface area contributed by atoms with Crippen LogP contribution in [0.2, 0.25) is 0 Å². The van der Waals surface area contributed by atoms with Crippen molar-refractivity contribution >= 4 is 5.91 Å². The smallest absolute Gasteiger partial charge is 0.270 e. The number of nitrogens with one attached hydrogen (secondary N) is 1. The summed E-state index contributed by atoms with van der Waals surface area (Å²) in [4.78, 5) is 13.1. The minimum atomic E-state index is -0.439. The standard InChI is InChI=1S/C24H19F2N3O/c1-16(17-7-3-2-4-8-17)27-24(30)23-15-22(20-9-5-6-10-21(20)26)28-29(23)19-13-11-18(25)12-14-19/h2-16H,1H3,(H,27,30)/t16-/m0/s1. The third-order valence-electron chi connectivity index (χ3n) is 4.81. The van der Waals surface area contributed by atoms with E-state index in [0.29, 0.717) is 11.4 Å². The zero-order valence-electron chi connectivity index (χ0n) is 16.2. The van der Waals surface area contributed by atoms with E-state index in [1.54, 1.807) is 18.2 Å². The van der Waals surface area contributed by atoms with E-state index in [2.05, 4.69) is 10.4 Å². The lowest BCUT2D eigenvalue weighted by Crippen LogP contribution is -2.28. The largest absolute Gasteiger partial charge is 0.344 e. The quantitative estimate of drug-likeness (QED) is 0.491. The van der Waals surface area contributed by atoms with E-state index in [0.717, 1.165) is 5.56 Å². The topological polar surface area (TPSA) is 46.9 Å². The first-order valence-corrected chi connectivity index (χ1v) is 9.49. The summed E-state index contributed by atoms with van der Waals surface area (Å²) in [5.41, 5.74) is 2.27. The highest BCUT2D eigenvalue weighted by Crippen LogP contribution is 2.25. The van der Waals surface area contributed by atoms with Crippen molar-refractivity contribution < 1.29 is 13.6 Å². The van der Waals surface area contributed by atoms with Crippen LogP contribution in [0.3, 0.4) is 0 Å². The fourth-order valence-electron chi connectivity index (χ4n) is 3.22. The van der Waals surface area contributed by atoms with Gasteiger partial charge in [-0.25, -0.2) is 13.5 Å². The van der Waals surface area contributed by atoms with Crippen LogP contribution in [0.25, 0.3) is 16.9 Å². The fourth-order valence-corrected chi connectivity index (χ4v) is 3.22. The van der Waals surface area contributed by atoms with E-state index in [9.17, 15) is 13.6 Å². The molecule has 4 aromatic rings. The Labute approximate surface area is 172 Å². The number of nitrogens with zero attached hydrogens (tertiary/aromatic N) is 2. The number of halogens is 2. The number of aromatic nitrogens is 2. The Hall–Kier alpha value is -3.80. The predicted octanol–water partition coefficient (Wildman–Crippen LogP) is 5.31. The Morgan fingerprint density at radius 3 is 2.30 bits per heavy atom. The highest BCUT2D eigenvalue weighted by Gasteiger charge is 2.21. The summed E-state index contributed by atoms with van der Waals surface area (Å²) < 4.78 is 29.1. The van der Waals surface area contributed by atoms with Crippen LogP contribution >= 0.6 is 0 Å². The number of hydrogen-bond donors (Lipinski definition) is 1. The molecule has 0 saturated heterocycles. The van der Waals surface area contributed by atoms with Crippen molar-refractivity contribution in [3.8, 4) is 16.9 Å². The third kappa shape index (κ3) is 3.98. The molecule has 1 aromatic heterocycles. The maximum atomic E-state index is 14.3. The summed E-state index contributed by atoms with van der Waals surface area (Å²) in [5, 5.41) is 7.38. The molecule has 4 rings (SSSR count). The highest BCUT2D eigenvalue weighted by atomic mass is 19.1. The van der Waals surface area contributed by atoms with Crippen LogP contribution in [0.4, 0.5) is 8.78 Å². The summed E-state index contributed by atoms with van der Waals surface area (Å²) in [6, 6.07) is 22.7. The van der Waals surface area contributed by atoms with Crippen molar-refractivity contribution in [2.75, 3.05) is 0 Å². The Morgan fingerprint density at radius 2 is 1.60 bits per heavy atom. The SMILES string of the molecule is C[C@H](NC(=O)c1cc(-c2ccccc2F)nn1-c1ccc(F)cc1)c1ccccc1. The molecule has 0 unspecified atom stereocenters. The molecule has 150 valence electrons. The van der Waals surface area contributed by atoms with Crippen LogP contribution in [-0.4, -0.2) is 15.7 Å². The van der Waals surface area contributed by atoms with Gasteiger partial charge in [0.05, 0.1) is 17.4 Å². The van der Waals surface area contributed by atoms with E-state index in [4.69, 9.17) is 0 Å². The van der Waals surface area contributed by atoms with Crippen LogP contribution in [0.1, 0.15) is 29.0 Å². The van der Waals surface area contributed by atoms with Gasteiger partial charge in [-0.15, -0.1) is 0 Å². The first-order chi connectivity index (χ1) is 14.5. The molecular formula is C24H19F2N3O. The average Bonchev–Trinajstić information content (AvgIpc) is 3.20. The second-order valence-electron chi connectivity index (χ2n) is 6.89. The summed E-state index contributed by atoms with van der Waals surface area (Å²) in [6.45, 7) is 1.88. The molecule has 1 heterocycles. The van der Waals surface area contributed by atoms with Crippen LogP contribution in [0, 0.1) is 11.6 Å². The van der Waals surface area contributed by atoms with Gasteiger partial charge in [-0.3, -0.25) is 4.79 Å². The monoisotopic (exact) mass is 403 g/mol. The summed E-state index contributed by atoms with van der Waals surface area (Å²) in [5.74, 6) is -1.21. The Bertz CT molecular complexity index is 1170. The van der Waals surface area contributed by atoms with Crippen LogP contribution in [0.5, 0.6) is 0 Å². The van der Waals surface area contributed by atoms with E-state index in [1.165, 1.54) is 41.1 Å². The van der Waals surface area contributed by atoms with Gasteiger partial charge in [0.1, 0.15) is 17.3 Å². The number of carbonyl (C=O) groups excluding carboxylic acids is 1. The number of hydrogen-bond acceptors (Lipinski definition) is 2. The van der Waals surface area contributed by atoms with E-state index >= 15 is 0 Å². The number of amides is 1. The Balaban J connectivity index is 1.74. The normalized spacial score (nSPS) is 11.8. The molecule has 0 aliphatic heterocycles. The second kappa shape index (κ2) is 8.29. The number of carbonyl (C=O) groups is 1. The molecule has 0 saturated carbocycles. The summed E-state index contributed by atoms with van der Waals surface area (Å²) in [6.07, 6.45) is 0. The Morgan fingerprint density at radius 1 is 0.933 bits per heavy atom. The van der Waals surface area contributed by atoms with E-state index in [1.807, 2.05) is 37.3 Å². The number of rotatable bonds is 5. The van der Waals surface area contributed by atoms with Crippen molar-refractivity contribution in [2.24, 2.45) is 0 Å². The molecule has 0 aliphatic rings. The molecule has 0 aliphatic carbocycles. The molecule has 6 heteroatoms. The van der Waals surface area contributed by atoms with Crippen molar-refractivity contribution in [1.29, 1.82) is 0 Å². The van der Waals surface area contributed by atoms with Crippen molar-refractivity contribution in [3.05, 3.63) is 108 Å². The maximum Gasteiger partial charge on any atom is 0.270 e. The number of benzene rings is 3. The zero-order chi connectivity index (χ0) is 21.1. The molecular weight excluding hydrogens is 384 g/mol. The van der Waals surface area contributed by atoms with Crippen LogP contribution < -0.4 is 5.32 Å². The van der Waals surface area contributed by atoms with Gasteiger partial charge < -0.3 is 5.32 Å². The molecule has 4 nitrogen and oxygen atoms in total. The molecule has 1 atom stereocenters. The lowest BCUT2D eigenvalue weighted by atomic mass is 10.1. The lowest BCUT2D eigenvalue weighted by Gasteiger charge is -2.15. The van der Waals surface area contributed by atoms with Gasteiger partial charge in [0, 0.05) is 5.56 Å². The summed E-state index contributed by atoms with van der Waals surface area (Å²) >= 11 is 0. The third-order valence-corrected chi connectivity index (χ3v) is 4.81. The van der Waals surface area contributed by atoms with Crippen LogP contribution in [0.15, 0.2) is 84.9 Å². The van der Waals surface area contributed by atoms with Gasteiger partial charge in [0.2, 0.25) is 0 Å². The minimum Gasteiger partial charge on any atom is -0.344 e. The lowest BCUT2D eigenvalue weighted by molar-refractivity contribution is 0.0932. The maximum absolute atomic E-state index is 14.3. The Kier molecular flexibility index (Phi) is 5.39. The molecule has 0 bridgehead atoms. The molecule has 3 aromatic carbocycles. The van der Waals surface area contributed by atoms with Gasteiger partial charge >= 0.3 is 0 Å². The minimum absolute atomic E-state index is 0.225. The van der Waals surface area contributed by atoms with E-state index < -0.39 is 11.6 Å². The molecule has 0 fully saturated rings. The second-order valence-corrected chi connectivity index (χ2v) is 6.89. The van der Waals surface area contributed by atoms with Gasteiger partial charge in [-0.1, -0.05) is 42.5 Å². The van der Waals surface area contributed by atoms with Crippen LogP contribution in [-0.2, 0) is 0 Å². The molecule has 30 heavy (non-hydrogen) atoms. The molecule has 1 N–H and O–H groups in total. The first kappa shape index (κ1) is 19.5. The van der Waals surface area contributed by atoms with Gasteiger partial charge in [0.25, 0.3) is 5.91 Å². The zero-order valence-corrected chi connectivity index (χ0v) is 16.2. The van der Waals surface area contributed by atoms with Crippen molar-refractivity contribution in [1.82, 2.24) is 15.1 Å².